The first-order chi connectivity index (χ1) is 24.4. The van der Waals surface area contributed by atoms with Crippen LogP contribution in [-0.4, -0.2) is 93.6 Å². The number of benzene rings is 2. The Morgan fingerprint density at radius 1 is 1.20 bits per heavy atom. The zero-order valence-corrected chi connectivity index (χ0v) is 29.4. The molecule has 1 amide bonds. The number of aromatic nitrogens is 1. The molecular formula is C38H45FN4O8. The van der Waals surface area contributed by atoms with E-state index >= 15 is 0 Å². The lowest BCUT2D eigenvalue weighted by Gasteiger charge is -2.29. The second-order valence-electron chi connectivity index (χ2n) is 12.8. The SMILES string of the molecule is CCOC(=O)[C@H](C)N/C(Oc1ccccc1)=C(/O)CO[C@H](C)CN(C)C(O)c1c2c(c(O)c3ncccc13)C(=O)N(CC1=CC(C)C(F)C=C1)C2. The number of esters is 1. The van der Waals surface area contributed by atoms with E-state index in [1.165, 1.54) is 12.3 Å². The molecule has 12 nitrogen and oxygen atoms in total. The summed E-state index contributed by atoms with van der Waals surface area (Å²) in [5, 5.41) is 37.4. The predicted molar refractivity (Wildman–Crippen MR) is 188 cm³/mol. The first-order valence-corrected chi connectivity index (χ1v) is 16.9. The van der Waals surface area contributed by atoms with Crippen molar-refractivity contribution in [3.05, 3.63) is 101 Å². The number of fused-ring (bicyclic) bond motifs is 2. The number of carbonyl (C=O) groups is 2. The van der Waals surface area contributed by atoms with Crippen LogP contribution in [0.5, 0.6) is 11.5 Å². The van der Waals surface area contributed by atoms with E-state index in [1.807, 2.05) is 6.07 Å². The summed E-state index contributed by atoms with van der Waals surface area (Å²) in [7, 11) is 1.69. The molecule has 0 fully saturated rings. The fourth-order valence-electron chi connectivity index (χ4n) is 6.18. The van der Waals surface area contributed by atoms with Gasteiger partial charge in [-0.15, -0.1) is 0 Å². The van der Waals surface area contributed by atoms with Crippen LogP contribution in [0.4, 0.5) is 4.39 Å². The molecule has 0 bridgehead atoms. The Hall–Kier alpha value is -4.98. The van der Waals surface area contributed by atoms with Gasteiger partial charge >= 0.3 is 5.97 Å². The number of ether oxygens (including phenoxy) is 3. The smallest absolute Gasteiger partial charge is 0.328 e. The van der Waals surface area contributed by atoms with Gasteiger partial charge in [-0.25, -0.2) is 9.18 Å². The Kier molecular flexibility index (Phi) is 12.0. The maximum atomic E-state index is 14.0. The Morgan fingerprint density at radius 2 is 1.94 bits per heavy atom. The second kappa shape index (κ2) is 16.4. The number of aliphatic hydroxyl groups is 2. The number of amides is 1. The van der Waals surface area contributed by atoms with Crippen molar-refractivity contribution in [1.29, 1.82) is 0 Å². The first-order valence-electron chi connectivity index (χ1n) is 16.9. The van der Waals surface area contributed by atoms with Crippen molar-refractivity contribution >= 4 is 22.8 Å². The van der Waals surface area contributed by atoms with Gasteiger partial charge < -0.3 is 39.7 Å². The van der Waals surface area contributed by atoms with Gasteiger partial charge in [0.05, 0.1) is 18.3 Å². The van der Waals surface area contributed by atoms with Crippen LogP contribution in [0.2, 0.25) is 0 Å². The van der Waals surface area contributed by atoms with E-state index in [0.717, 1.165) is 5.57 Å². The van der Waals surface area contributed by atoms with Crippen molar-refractivity contribution in [2.75, 3.05) is 33.4 Å². The molecule has 2 aliphatic rings. The maximum absolute atomic E-state index is 14.0. The topological polar surface area (TPSA) is 154 Å². The minimum absolute atomic E-state index is 0.0753. The summed E-state index contributed by atoms with van der Waals surface area (Å²) in [4.78, 5) is 33.5. The van der Waals surface area contributed by atoms with Crippen LogP contribution < -0.4 is 10.1 Å². The van der Waals surface area contributed by atoms with Gasteiger partial charge in [-0.2, -0.15) is 0 Å². The van der Waals surface area contributed by atoms with Gasteiger partial charge in [0, 0.05) is 42.7 Å². The molecule has 51 heavy (non-hydrogen) atoms. The predicted octanol–water partition coefficient (Wildman–Crippen LogP) is 5.04. The van der Waals surface area contributed by atoms with Crippen LogP contribution in [0.25, 0.3) is 10.9 Å². The third-order valence-corrected chi connectivity index (χ3v) is 8.82. The van der Waals surface area contributed by atoms with Crippen molar-refractivity contribution < 1.29 is 43.5 Å². The molecule has 1 aliphatic carbocycles. The van der Waals surface area contributed by atoms with Crippen molar-refractivity contribution in [2.45, 2.75) is 58.8 Å². The van der Waals surface area contributed by atoms with Crippen molar-refractivity contribution in [2.24, 2.45) is 5.92 Å². The van der Waals surface area contributed by atoms with Crippen LogP contribution in [0.1, 0.15) is 55.4 Å². The van der Waals surface area contributed by atoms with Crippen LogP contribution in [0, 0.1) is 5.92 Å². The number of phenolic OH excluding ortho intramolecular Hbond substituents is 1. The number of likely N-dealkylation sites (N-methyl/N-ethyl adjacent to an activating group) is 1. The minimum Gasteiger partial charge on any atom is -0.505 e. The highest BCUT2D eigenvalue weighted by atomic mass is 19.1. The number of hydrogen-bond donors (Lipinski definition) is 4. The van der Waals surface area contributed by atoms with Crippen LogP contribution in [-0.2, 0) is 20.8 Å². The Bertz CT molecular complexity index is 1830. The van der Waals surface area contributed by atoms with E-state index < -0.39 is 36.4 Å². The summed E-state index contributed by atoms with van der Waals surface area (Å²) in [6, 6.07) is 11.3. The van der Waals surface area contributed by atoms with Gasteiger partial charge in [0.2, 0.25) is 5.88 Å². The van der Waals surface area contributed by atoms with Crippen molar-refractivity contribution in [3.63, 3.8) is 0 Å². The summed E-state index contributed by atoms with van der Waals surface area (Å²) in [6.45, 7) is 7.24. The molecule has 4 N–H and O–H groups in total. The highest BCUT2D eigenvalue weighted by Gasteiger charge is 2.37. The average molecular weight is 705 g/mol. The summed E-state index contributed by atoms with van der Waals surface area (Å²) in [5.41, 5.74) is 1.96. The zero-order valence-electron chi connectivity index (χ0n) is 29.4. The van der Waals surface area contributed by atoms with E-state index in [4.69, 9.17) is 14.2 Å². The Labute approximate surface area is 296 Å². The lowest BCUT2D eigenvalue weighted by Crippen LogP contribution is -2.38. The van der Waals surface area contributed by atoms with Gasteiger partial charge in [-0.1, -0.05) is 43.3 Å². The molecule has 3 aromatic rings. The van der Waals surface area contributed by atoms with Crippen LogP contribution >= 0.6 is 0 Å². The van der Waals surface area contributed by atoms with Gasteiger partial charge in [-0.3, -0.25) is 14.7 Å². The molecule has 13 heteroatoms. The van der Waals surface area contributed by atoms with E-state index in [2.05, 4.69) is 10.3 Å². The number of phenols is 1. The van der Waals surface area contributed by atoms with Crippen molar-refractivity contribution in [1.82, 2.24) is 20.1 Å². The van der Waals surface area contributed by atoms with E-state index in [0.29, 0.717) is 22.3 Å². The summed E-state index contributed by atoms with van der Waals surface area (Å²) < 4.78 is 30.9. The third kappa shape index (κ3) is 8.50. The molecule has 0 radical (unpaired) electrons. The summed E-state index contributed by atoms with van der Waals surface area (Å²) in [5.74, 6) is -1.46. The van der Waals surface area contributed by atoms with Crippen LogP contribution in [0.3, 0.4) is 0 Å². The minimum atomic E-state index is -1.24. The molecule has 0 saturated heterocycles. The number of para-hydroxylation sites is 1. The van der Waals surface area contributed by atoms with Gasteiger partial charge in [0.15, 0.2) is 11.5 Å². The number of aromatic hydroxyl groups is 1. The van der Waals surface area contributed by atoms with Crippen molar-refractivity contribution in [3.8, 4) is 11.5 Å². The fourth-order valence-corrected chi connectivity index (χ4v) is 6.18. The molecule has 2 heterocycles. The lowest BCUT2D eigenvalue weighted by atomic mass is 9.95. The number of allylic oxidation sites excluding steroid dienone is 2. The fraction of sp³-hybridized carbons (Fsp3) is 0.395. The molecule has 3 unspecified atom stereocenters. The largest absolute Gasteiger partial charge is 0.505 e. The quantitative estimate of drug-likeness (QED) is 0.0956. The number of halogens is 1. The number of carbonyl (C=O) groups excluding carboxylic acids is 2. The molecule has 2 aromatic carbocycles. The first kappa shape index (κ1) is 37.3. The maximum Gasteiger partial charge on any atom is 0.328 e. The van der Waals surface area contributed by atoms with Crippen LogP contribution in [0.15, 0.2) is 84.1 Å². The summed E-state index contributed by atoms with van der Waals surface area (Å²) >= 11 is 0. The number of alkyl halides is 1. The summed E-state index contributed by atoms with van der Waals surface area (Å²) in [6.07, 6.45) is 3.58. The molecule has 5 atom stereocenters. The molecule has 1 aromatic heterocycles. The zero-order chi connectivity index (χ0) is 36.8. The standard InChI is InChI=1S/C38H45FN4O8/c1-6-49-38(48)24(4)41-35(51-26-11-8-7-9-12-26)30(44)21-50-23(3)18-42(5)36(46)31-27-13-10-16-40-33(27)34(45)32-28(31)20-43(37(32)47)19-25-14-15-29(39)22(2)17-25/h7-17,22-24,29,36,41,44-46H,6,18-21H2,1-5H3/b35-30-/t22?,23-,24+,29?,36?/m1/s1. The number of nitrogens with one attached hydrogen (secondary N) is 1. The molecule has 0 spiro atoms. The number of hydrogen-bond acceptors (Lipinski definition) is 11. The molecule has 5 rings (SSSR count). The highest BCUT2D eigenvalue weighted by molar-refractivity contribution is 6.07. The third-order valence-electron chi connectivity index (χ3n) is 8.82. The molecule has 1 aliphatic heterocycles. The Balaban J connectivity index is 1.33. The monoisotopic (exact) mass is 704 g/mol. The van der Waals surface area contributed by atoms with E-state index in [9.17, 15) is 29.3 Å². The highest BCUT2D eigenvalue weighted by Crippen LogP contribution is 2.42. The average Bonchev–Trinajstić information content (AvgIpc) is 3.43. The number of aliphatic hydroxyl groups excluding tert-OH is 2. The molecule has 0 saturated carbocycles. The van der Waals surface area contributed by atoms with Gasteiger partial charge in [-0.05, 0) is 63.2 Å². The van der Waals surface area contributed by atoms with E-state index in [-0.39, 0.29) is 67.2 Å². The molecular weight excluding hydrogens is 659 g/mol. The number of pyridine rings is 1. The van der Waals surface area contributed by atoms with Gasteiger partial charge in [0.25, 0.3) is 5.91 Å². The second-order valence-corrected chi connectivity index (χ2v) is 12.8. The lowest BCUT2D eigenvalue weighted by molar-refractivity contribution is -0.145. The van der Waals surface area contributed by atoms with E-state index in [1.54, 1.807) is 93.1 Å². The number of rotatable bonds is 15. The normalized spacial score (nSPS) is 19.3. The molecule has 272 valence electrons. The Morgan fingerprint density at radius 3 is 2.65 bits per heavy atom. The van der Waals surface area contributed by atoms with Gasteiger partial charge in [0.1, 0.15) is 36.3 Å². The number of nitrogens with zero attached hydrogens (tertiary/aromatic N) is 3.